The Morgan fingerprint density at radius 1 is 1.46 bits per heavy atom. The average molecular weight is 475 g/mol. The second-order valence-electron chi connectivity index (χ2n) is 6.28. The van der Waals surface area contributed by atoms with Gasteiger partial charge in [0.1, 0.15) is 6.10 Å². The predicted molar refractivity (Wildman–Crippen MR) is 114 cm³/mol. The van der Waals surface area contributed by atoms with Crippen LogP contribution in [0.25, 0.3) is 0 Å². The van der Waals surface area contributed by atoms with Crippen LogP contribution in [0.2, 0.25) is 0 Å². The van der Waals surface area contributed by atoms with Crippen molar-refractivity contribution in [2.75, 3.05) is 39.9 Å². The highest BCUT2D eigenvalue weighted by molar-refractivity contribution is 14.0. The van der Waals surface area contributed by atoms with Gasteiger partial charge in [0.15, 0.2) is 5.96 Å². The molecule has 146 valence electrons. The second-order valence-corrected chi connectivity index (χ2v) is 6.28. The summed E-state index contributed by atoms with van der Waals surface area (Å²) < 4.78 is 10.8. The lowest BCUT2D eigenvalue weighted by Crippen LogP contribution is -2.48. The molecule has 0 bridgehead atoms. The zero-order valence-electron chi connectivity index (χ0n) is 16.0. The molecule has 0 spiro atoms. The molecule has 1 N–H and O–H groups in total. The maximum absolute atomic E-state index is 11.6. The maximum atomic E-state index is 11.6. The van der Waals surface area contributed by atoms with E-state index in [2.05, 4.69) is 34.3 Å². The van der Waals surface area contributed by atoms with Crippen molar-refractivity contribution < 1.29 is 14.3 Å². The van der Waals surface area contributed by atoms with Crippen molar-refractivity contribution in [2.24, 2.45) is 10.9 Å². The van der Waals surface area contributed by atoms with E-state index in [9.17, 15) is 4.79 Å². The van der Waals surface area contributed by atoms with Crippen molar-refractivity contribution in [3.63, 3.8) is 0 Å². The summed E-state index contributed by atoms with van der Waals surface area (Å²) in [6.45, 7) is 9.32. The first-order chi connectivity index (χ1) is 12.1. The first kappa shape index (κ1) is 22.7. The maximum Gasteiger partial charge on any atom is 0.310 e. The fraction of sp³-hybridized carbons (Fsp3) is 0.579. The Morgan fingerprint density at radius 2 is 2.19 bits per heavy atom. The number of guanidine groups is 1. The number of carbonyl (C=O) groups is 1. The van der Waals surface area contributed by atoms with Gasteiger partial charge in [-0.3, -0.25) is 9.79 Å². The fourth-order valence-electron chi connectivity index (χ4n) is 2.90. The third-order valence-electron chi connectivity index (χ3n) is 4.35. The van der Waals surface area contributed by atoms with Crippen molar-refractivity contribution in [3.05, 3.63) is 35.4 Å². The lowest BCUT2D eigenvalue weighted by molar-refractivity contribution is -0.144. The van der Waals surface area contributed by atoms with E-state index >= 15 is 0 Å². The molecule has 6 nitrogen and oxygen atoms in total. The van der Waals surface area contributed by atoms with Gasteiger partial charge < -0.3 is 19.7 Å². The van der Waals surface area contributed by atoms with Gasteiger partial charge in [-0.1, -0.05) is 31.2 Å². The van der Waals surface area contributed by atoms with Crippen LogP contribution < -0.4 is 5.32 Å². The van der Waals surface area contributed by atoms with E-state index in [-0.39, 0.29) is 42.0 Å². The normalized spacial score (nSPS) is 18.7. The number of halogens is 1. The molecule has 1 saturated heterocycles. The number of rotatable bonds is 5. The highest BCUT2D eigenvalue weighted by Crippen LogP contribution is 2.25. The van der Waals surface area contributed by atoms with E-state index in [4.69, 9.17) is 9.47 Å². The standard InChI is InChI=1S/C19H29N3O3.HI/c1-5-20-19(21-12-15(3)18(23)24-4)22-10-11-25-17(13-22)16-9-7-6-8-14(16)2;/h6-9,15,17H,5,10-13H2,1-4H3,(H,20,21);1H. The lowest BCUT2D eigenvalue weighted by Gasteiger charge is -2.36. The van der Waals surface area contributed by atoms with Crippen LogP contribution in [0.5, 0.6) is 0 Å². The van der Waals surface area contributed by atoms with Gasteiger partial charge in [-0.15, -0.1) is 24.0 Å². The van der Waals surface area contributed by atoms with Gasteiger partial charge in [-0.25, -0.2) is 0 Å². The summed E-state index contributed by atoms with van der Waals surface area (Å²) in [5, 5.41) is 3.32. The molecular formula is C19H30IN3O3. The summed E-state index contributed by atoms with van der Waals surface area (Å²) in [6.07, 6.45) is 0.0248. The molecule has 0 amide bonds. The molecule has 1 aliphatic rings. The van der Waals surface area contributed by atoms with Gasteiger partial charge in [0.2, 0.25) is 0 Å². The van der Waals surface area contributed by atoms with Crippen LogP contribution in [0.1, 0.15) is 31.1 Å². The van der Waals surface area contributed by atoms with Crippen molar-refractivity contribution in [1.29, 1.82) is 0 Å². The molecule has 1 fully saturated rings. The number of ether oxygens (including phenoxy) is 2. The quantitative estimate of drug-likeness (QED) is 0.307. The number of morpholine rings is 1. The molecule has 2 rings (SSSR count). The zero-order chi connectivity index (χ0) is 18.2. The third-order valence-corrected chi connectivity index (χ3v) is 4.35. The molecule has 26 heavy (non-hydrogen) atoms. The number of hydrogen-bond acceptors (Lipinski definition) is 4. The number of esters is 1. The number of nitrogens with zero attached hydrogens (tertiary/aromatic N) is 2. The van der Waals surface area contributed by atoms with Gasteiger partial charge in [0.05, 0.1) is 32.7 Å². The van der Waals surface area contributed by atoms with E-state index in [0.717, 1.165) is 25.6 Å². The van der Waals surface area contributed by atoms with E-state index in [1.807, 2.05) is 26.0 Å². The number of aliphatic imine (C=N–C) groups is 1. The van der Waals surface area contributed by atoms with E-state index in [1.54, 1.807) is 0 Å². The van der Waals surface area contributed by atoms with Crippen molar-refractivity contribution in [3.8, 4) is 0 Å². The predicted octanol–water partition coefficient (Wildman–Crippen LogP) is 2.76. The molecule has 0 aromatic heterocycles. The Balaban J connectivity index is 0.00000338. The van der Waals surface area contributed by atoms with Gasteiger partial charge in [-0.2, -0.15) is 0 Å². The van der Waals surface area contributed by atoms with Crippen molar-refractivity contribution >= 4 is 35.9 Å². The minimum Gasteiger partial charge on any atom is -0.469 e. The minimum absolute atomic E-state index is 0. The number of aryl methyl sites for hydroxylation is 1. The summed E-state index contributed by atoms with van der Waals surface area (Å²) in [5.74, 6) is 0.325. The Hall–Kier alpha value is -1.35. The van der Waals surface area contributed by atoms with Crippen LogP contribution in [0.4, 0.5) is 0 Å². The number of carbonyl (C=O) groups excluding carboxylic acids is 1. The second kappa shape index (κ2) is 11.4. The van der Waals surface area contributed by atoms with Gasteiger partial charge >= 0.3 is 5.97 Å². The molecule has 1 aromatic rings. The molecule has 2 unspecified atom stereocenters. The third kappa shape index (κ3) is 6.12. The summed E-state index contributed by atoms with van der Waals surface area (Å²) in [4.78, 5) is 18.4. The highest BCUT2D eigenvalue weighted by Gasteiger charge is 2.25. The summed E-state index contributed by atoms with van der Waals surface area (Å²) >= 11 is 0. The van der Waals surface area contributed by atoms with Gasteiger partial charge in [0.25, 0.3) is 0 Å². The van der Waals surface area contributed by atoms with E-state index in [0.29, 0.717) is 13.2 Å². The largest absolute Gasteiger partial charge is 0.469 e. The number of methoxy groups -OCH3 is 1. The minimum atomic E-state index is -0.258. The molecule has 0 saturated carbocycles. The fourth-order valence-corrected chi connectivity index (χ4v) is 2.90. The molecule has 1 aromatic carbocycles. The summed E-state index contributed by atoms with van der Waals surface area (Å²) in [6, 6.07) is 8.31. The van der Waals surface area contributed by atoms with Crippen LogP contribution in [0.15, 0.2) is 29.3 Å². The summed E-state index contributed by atoms with van der Waals surface area (Å²) in [5.41, 5.74) is 2.45. The monoisotopic (exact) mass is 475 g/mol. The smallest absolute Gasteiger partial charge is 0.310 e. The first-order valence-corrected chi connectivity index (χ1v) is 8.85. The molecule has 0 aliphatic carbocycles. The van der Waals surface area contributed by atoms with Crippen LogP contribution in [-0.2, 0) is 14.3 Å². The molecule has 1 aliphatic heterocycles. The Labute approximate surface area is 173 Å². The Kier molecular flexibility index (Phi) is 9.93. The van der Waals surface area contributed by atoms with E-state index in [1.165, 1.54) is 18.2 Å². The molecule has 0 radical (unpaired) electrons. The first-order valence-electron chi connectivity index (χ1n) is 8.85. The van der Waals surface area contributed by atoms with Gasteiger partial charge in [-0.05, 0) is 25.0 Å². The SMILES string of the molecule is CCNC(=NCC(C)C(=O)OC)N1CCOC(c2ccccc2C)C1.I. The molecule has 7 heteroatoms. The number of nitrogens with one attached hydrogen (secondary N) is 1. The summed E-state index contributed by atoms with van der Waals surface area (Å²) in [7, 11) is 1.41. The lowest BCUT2D eigenvalue weighted by atomic mass is 10.0. The zero-order valence-corrected chi connectivity index (χ0v) is 18.4. The molecular weight excluding hydrogens is 445 g/mol. The number of hydrogen-bond donors (Lipinski definition) is 1. The van der Waals surface area contributed by atoms with Crippen molar-refractivity contribution in [1.82, 2.24) is 10.2 Å². The van der Waals surface area contributed by atoms with Crippen LogP contribution in [0.3, 0.4) is 0 Å². The molecule has 2 atom stereocenters. The average Bonchev–Trinajstić information content (AvgIpc) is 2.64. The topological polar surface area (TPSA) is 63.2 Å². The molecule has 1 heterocycles. The highest BCUT2D eigenvalue weighted by atomic mass is 127. The van der Waals surface area contributed by atoms with Crippen molar-refractivity contribution in [2.45, 2.75) is 26.9 Å². The van der Waals surface area contributed by atoms with Crippen LogP contribution in [0, 0.1) is 12.8 Å². The van der Waals surface area contributed by atoms with E-state index < -0.39 is 0 Å². The van der Waals surface area contributed by atoms with Crippen LogP contribution in [-0.4, -0.2) is 56.7 Å². The Morgan fingerprint density at radius 3 is 2.85 bits per heavy atom. The Bertz CT molecular complexity index is 609. The number of benzene rings is 1. The van der Waals surface area contributed by atoms with Gasteiger partial charge in [0, 0.05) is 13.1 Å². The van der Waals surface area contributed by atoms with Crippen LogP contribution >= 0.6 is 24.0 Å².